The van der Waals surface area contributed by atoms with Crippen molar-refractivity contribution in [3.63, 3.8) is 0 Å². The smallest absolute Gasteiger partial charge is 0.255 e. The molecule has 0 saturated carbocycles. The number of anilines is 2. The van der Waals surface area contributed by atoms with Crippen molar-refractivity contribution in [1.29, 1.82) is 0 Å². The number of hydrogen-bond donors (Lipinski definition) is 3. The third-order valence-corrected chi connectivity index (χ3v) is 3.58. The van der Waals surface area contributed by atoms with Gasteiger partial charge in [0.2, 0.25) is 0 Å². The summed E-state index contributed by atoms with van der Waals surface area (Å²) in [6.07, 6.45) is 1.22. The zero-order valence-electron chi connectivity index (χ0n) is 13.1. The Morgan fingerprint density at radius 3 is 2.35 bits per heavy atom. The van der Waals surface area contributed by atoms with Gasteiger partial charge < -0.3 is 16.8 Å². The van der Waals surface area contributed by atoms with E-state index in [1.54, 1.807) is 48.5 Å². The van der Waals surface area contributed by atoms with Gasteiger partial charge in [0.1, 0.15) is 0 Å². The fourth-order valence-electron chi connectivity index (χ4n) is 2.23. The largest absolute Gasteiger partial charge is 0.397 e. The molecule has 23 heavy (non-hydrogen) atoms. The zero-order chi connectivity index (χ0) is 16.8. The van der Waals surface area contributed by atoms with Crippen molar-refractivity contribution >= 4 is 23.1 Å². The van der Waals surface area contributed by atoms with Crippen LogP contribution in [0, 0.1) is 0 Å². The van der Waals surface area contributed by atoms with Crippen molar-refractivity contribution in [3.8, 4) is 0 Å². The van der Waals surface area contributed by atoms with Crippen LogP contribution >= 0.6 is 0 Å². The van der Waals surface area contributed by atoms with Crippen LogP contribution in [-0.2, 0) is 4.79 Å². The lowest BCUT2D eigenvalue weighted by atomic mass is 9.99. The summed E-state index contributed by atoms with van der Waals surface area (Å²) in [5.41, 5.74) is 14.0. The van der Waals surface area contributed by atoms with E-state index in [1.807, 2.05) is 6.92 Å². The molecule has 0 saturated heterocycles. The van der Waals surface area contributed by atoms with Crippen molar-refractivity contribution in [3.05, 3.63) is 59.7 Å². The van der Waals surface area contributed by atoms with Crippen LogP contribution in [0.25, 0.3) is 0 Å². The number of carbonyl (C=O) groups excluding carboxylic acids is 2. The molecule has 0 aliphatic carbocycles. The molecule has 2 rings (SSSR count). The van der Waals surface area contributed by atoms with Crippen LogP contribution in [0.2, 0.25) is 0 Å². The average Bonchev–Trinajstić information content (AvgIpc) is 2.56. The molecule has 5 heteroatoms. The quantitative estimate of drug-likeness (QED) is 0.714. The lowest BCUT2D eigenvalue weighted by Crippen LogP contribution is -2.21. The third kappa shape index (κ3) is 4.17. The van der Waals surface area contributed by atoms with E-state index in [-0.39, 0.29) is 11.7 Å². The molecule has 0 aliphatic heterocycles. The highest BCUT2D eigenvalue weighted by Gasteiger charge is 2.15. The molecule has 1 unspecified atom stereocenters. The summed E-state index contributed by atoms with van der Waals surface area (Å²) in [6, 6.07) is 13.1. The maximum Gasteiger partial charge on any atom is 0.255 e. The van der Waals surface area contributed by atoms with E-state index in [4.69, 9.17) is 11.5 Å². The van der Waals surface area contributed by atoms with Crippen molar-refractivity contribution in [2.24, 2.45) is 5.73 Å². The van der Waals surface area contributed by atoms with E-state index in [9.17, 15) is 9.59 Å². The van der Waals surface area contributed by atoms with E-state index in [2.05, 4.69) is 5.32 Å². The standard InChI is InChI=1S/C18H21N3O2/c1-2-5-16(22)17(20)12-8-10-13(11-9-12)18(23)21-15-7-4-3-6-14(15)19/h3-4,6-11,17H,2,5,19-20H2,1H3,(H,21,23). The van der Waals surface area contributed by atoms with Gasteiger partial charge in [-0.15, -0.1) is 0 Å². The van der Waals surface area contributed by atoms with Crippen molar-refractivity contribution in [2.45, 2.75) is 25.8 Å². The summed E-state index contributed by atoms with van der Waals surface area (Å²) in [4.78, 5) is 24.0. The lowest BCUT2D eigenvalue weighted by Gasteiger charge is -2.12. The van der Waals surface area contributed by atoms with Crippen molar-refractivity contribution in [1.82, 2.24) is 0 Å². The number of Topliss-reactive ketones (excluding diaryl/α,β-unsaturated/α-hetero) is 1. The van der Waals surface area contributed by atoms with Crippen LogP contribution in [0.15, 0.2) is 48.5 Å². The number of para-hydroxylation sites is 2. The number of nitrogens with one attached hydrogen (secondary N) is 1. The van der Waals surface area contributed by atoms with Gasteiger partial charge in [-0.2, -0.15) is 0 Å². The SMILES string of the molecule is CCCC(=O)C(N)c1ccc(C(=O)Nc2ccccc2N)cc1. The average molecular weight is 311 g/mol. The van der Waals surface area contributed by atoms with Crippen LogP contribution in [0.3, 0.4) is 0 Å². The Kier molecular flexibility index (Phi) is 5.49. The van der Waals surface area contributed by atoms with Crippen LogP contribution in [0.1, 0.15) is 41.7 Å². The minimum absolute atomic E-state index is 0.00163. The highest BCUT2D eigenvalue weighted by Crippen LogP contribution is 2.19. The minimum atomic E-state index is -0.642. The summed E-state index contributed by atoms with van der Waals surface area (Å²) in [6.45, 7) is 1.94. The summed E-state index contributed by atoms with van der Waals surface area (Å²) in [7, 11) is 0. The molecule has 0 aliphatic rings. The Morgan fingerprint density at radius 2 is 1.74 bits per heavy atom. The fourth-order valence-corrected chi connectivity index (χ4v) is 2.23. The molecule has 5 nitrogen and oxygen atoms in total. The number of hydrogen-bond acceptors (Lipinski definition) is 4. The second kappa shape index (κ2) is 7.56. The first kappa shape index (κ1) is 16.7. The van der Waals surface area contributed by atoms with Crippen LogP contribution in [-0.4, -0.2) is 11.7 Å². The summed E-state index contributed by atoms with van der Waals surface area (Å²) in [5, 5.41) is 2.76. The molecule has 1 amide bonds. The Labute approximate surface area is 135 Å². The number of carbonyl (C=O) groups is 2. The first-order valence-corrected chi connectivity index (χ1v) is 7.57. The minimum Gasteiger partial charge on any atom is -0.397 e. The highest BCUT2D eigenvalue weighted by atomic mass is 16.1. The lowest BCUT2D eigenvalue weighted by molar-refractivity contribution is -0.120. The molecular weight excluding hydrogens is 290 g/mol. The van der Waals surface area contributed by atoms with E-state index in [0.29, 0.717) is 28.9 Å². The van der Waals surface area contributed by atoms with Gasteiger partial charge >= 0.3 is 0 Å². The maximum atomic E-state index is 12.2. The molecule has 0 radical (unpaired) electrons. The van der Waals surface area contributed by atoms with Gasteiger partial charge in [-0.25, -0.2) is 0 Å². The number of ketones is 1. The Balaban J connectivity index is 2.08. The molecule has 0 aromatic heterocycles. The maximum absolute atomic E-state index is 12.2. The first-order chi connectivity index (χ1) is 11.0. The van der Waals surface area contributed by atoms with Gasteiger partial charge in [-0.1, -0.05) is 31.2 Å². The monoisotopic (exact) mass is 311 g/mol. The summed E-state index contributed by atoms with van der Waals surface area (Å²) < 4.78 is 0. The van der Waals surface area contributed by atoms with Gasteiger partial charge in [0, 0.05) is 12.0 Å². The molecule has 0 spiro atoms. The van der Waals surface area contributed by atoms with Crippen LogP contribution in [0.5, 0.6) is 0 Å². The number of amides is 1. The Hall–Kier alpha value is -2.66. The van der Waals surface area contributed by atoms with E-state index < -0.39 is 6.04 Å². The summed E-state index contributed by atoms with van der Waals surface area (Å²) in [5.74, 6) is -0.260. The van der Waals surface area contributed by atoms with Gasteiger partial charge in [0.05, 0.1) is 17.4 Å². The predicted octanol–water partition coefficient (Wildman–Crippen LogP) is 2.89. The summed E-state index contributed by atoms with van der Waals surface area (Å²) >= 11 is 0. The van der Waals surface area contributed by atoms with E-state index in [1.165, 1.54) is 0 Å². The van der Waals surface area contributed by atoms with Gasteiger partial charge in [-0.05, 0) is 36.2 Å². The molecule has 5 N–H and O–H groups in total. The number of nitrogens with two attached hydrogens (primary N) is 2. The molecule has 2 aromatic rings. The third-order valence-electron chi connectivity index (χ3n) is 3.58. The molecular formula is C18H21N3O2. The van der Waals surface area contributed by atoms with Gasteiger partial charge in [0.15, 0.2) is 5.78 Å². The number of nitrogen functional groups attached to an aromatic ring is 1. The van der Waals surface area contributed by atoms with Crippen LogP contribution in [0.4, 0.5) is 11.4 Å². The Morgan fingerprint density at radius 1 is 1.09 bits per heavy atom. The number of benzene rings is 2. The second-order valence-electron chi connectivity index (χ2n) is 5.36. The van der Waals surface area contributed by atoms with E-state index >= 15 is 0 Å². The predicted molar refractivity (Wildman–Crippen MR) is 92.1 cm³/mol. The van der Waals surface area contributed by atoms with Crippen molar-refractivity contribution < 1.29 is 9.59 Å². The van der Waals surface area contributed by atoms with Crippen LogP contribution < -0.4 is 16.8 Å². The second-order valence-corrected chi connectivity index (χ2v) is 5.36. The fraction of sp³-hybridized carbons (Fsp3) is 0.222. The first-order valence-electron chi connectivity index (χ1n) is 7.57. The topological polar surface area (TPSA) is 98.2 Å². The van der Waals surface area contributed by atoms with Gasteiger partial charge in [-0.3, -0.25) is 9.59 Å². The molecule has 2 aromatic carbocycles. The highest BCUT2D eigenvalue weighted by molar-refractivity contribution is 6.05. The number of rotatable bonds is 6. The molecule has 0 fully saturated rings. The molecule has 0 bridgehead atoms. The zero-order valence-corrected chi connectivity index (χ0v) is 13.1. The normalized spacial score (nSPS) is 11.7. The van der Waals surface area contributed by atoms with E-state index in [0.717, 1.165) is 6.42 Å². The Bertz CT molecular complexity index is 696. The molecule has 1 atom stereocenters. The molecule has 0 heterocycles. The molecule has 120 valence electrons. The van der Waals surface area contributed by atoms with Gasteiger partial charge in [0.25, 0.3) is 5.91 Å². The van der Waals surface area contributed by atoms with Crippen molar-refractivity contribution in [2.75, 3.05) is 11.1 Å².